The van der Waals surface area contributed by atoms with E-state index in [9.17, 15) is 9.32 Å². The van der Waals surface area contributed by atoms with Crippen molar-refractivity contribution in [3.63, 3.8) is 0 Å². The number of hydrogen-bond donors (Lipinski definition) is 1. The fraction of sp³-hybridized carbons (Fsp3) is 0.538. The van der Waals surface area contributed by atoms with Crippen LogP contribution in [0.25, 0.3) is 0 Å². The first-order valence-electron chi connectivity index (χ1n) is 6.07. The lowest BCUT2D eigenvalue weighted by atomic mass is 10.1. The van der Waals surface area contributed by atoms with Crippen LogP contribution in [0.2, 0.25) is 0 Å². The first kappa shape index (κ1) is 13.4. The summed E-state index contributed by atoms with van der Waals surface area (Å²) in [6.07, 6.45) is 0. The van der Waals surface area contributed by atoms with Crippen LogP contribution in [0.3, 0.4) is 0 Å². The molecule has 5 heteroatoms. The Labute approximate surface area is 110 Å². The van der Waals surface area contributed by atoms with Crippen LogP contribution >= 0.6 is 0 Å². The van der Waals surface area contributed by atoms with E-state index in [0.717, 1.165) is 30.2 Å². The average Bonchev–Trinajstić information content (AvgIpc) is 2.39. The molecule has 1 aromatic rings. The van der Waals surface area contributed by atoms with Gasteiger partial charge in [-0.05, 0) is 24.6 Å². The first-order valence-corrected chi connectivity index (χ1v) is 7.56. The van der Waals surface area contributed by atoms with Crippen LogP contribution in [0.4, 0.5) is 0 Å². The number of nitrogens with zero attached hydrogens (tertiary/aromatic N) is 1. The van der Waals surface area contributed by atoms with E-state index in [1.165, 1.54) is 0 Å². The SMILES string of the molecule is COc1cc(C(C)N2CCS(=O)CC2)ccc1O. The van der Waals surface area contributed by atoms with Crippen LogP contribution in [0, 0.1) is 0 Å². The van der Waals surface area contributed by atoms with Gasteiger partial charge in [0, 0.05) is 41.4 Å². The molecule has 0 radical (unpaired) electrons. The van der Waals surface area contributed by atoms with Crippen molar-refractivity contribution < 1.29 is 14.1 Å². The Hall–Kier alpha value is -1.07. The smallest absolute Gasteiger partial charge is 0.160 e. The lowest BCUT2D eigenvalue weighted by Crippen LogP contribution is -2.39. The molecule has 1 N–H and O–H groups in total. The molecule has 0 aromatic heterocycles. The minimum absolute atomic E-state index is 0.160. The molecular formula is C13H19NO3S. The Morgan fingerprint density at radius 2 is 2.06 bits per heavy atom. The second kappa shape index (κ2) is 5.71. The van der Waals surface area contributed by atoms with Crippen molar-refractivity contribution in [2.45, 2.75) is 13.0 Å². The van der Waals surface area contributed by atoms with Crippen molar-refractivity contribution in [1.82, 2.24) is 4.90 Å². The van der Waals surface area contributed by atoms with Gasteiger partial charge in [0.25, 0.3) is 0 Å². The second-order valence-electron chi connectivity index (χ2n) is 4.49. The Morgan fingerprint density at radius 3 is 2.67 bits per heavy atom. The van der Waals surface area contributed by atoms with E-state index < -0.39 is 10.8 Å². The van der Waals surface area contributed by atoms with E-state index in [1.807, 2.05) is 12.1 Å². The zero-order valence-electron chi connectivity index (χ0n) is 10.8. The summed E-state index contributed by atoms with van der Waals surface area (Å²) in [4.78, 5) is 2.31. The lowest BCUT2D eigenvalue weighted by Gasteiger charge is -2.32. The van der Waals surface area contributed by atoms with Crippen LogP contribution in [0.1, 0.15) is 18.5 Å². The van der Waals surface area contributed by atoms with Crippen molar-refractivity contribution in [1.29, 1.82) is 0 Å². The topological polar surface area (TPSA) is 49.8 Å². The third-order valence-corrected chi connectivity index (χ3v) is 4.72. The van der Waals surface area contributed by atoms with Crippen LogP contribution < -0.4 is 4.74 Å². The summed E-state index contributed by atoms with van der Waals surface area (Å²) in [7, 11) is 0.899. The molecule has 0 saturated carbocycles. The quantitative estimate of drug-likeness (QED) is 0.904. The molecule has 1 atom stereocenters. The predicted octanol–water partition coefficient (Wildman–Crippen LogP) is 1.53. The van der Waals surface area contributed by atoms with Gasteiger partial charge in [0.1, 0.15) is 0 Å². The van der Waals surface area contributed by atoms with Gasteiger partial charge in [0.15, 0.2) is 11.5 Å². The molecule has 1 aliphatic rings. The fourth-order valence-corrected chi connectivity index (χ4v) is 3.28. The molecule has 1 aliphatic heterocycles. The second-order valence-corrected chi connectivity index (χ2v) is 6.19. The Bertz CT molecular complexity index is 440. The summed E-state index contributed by atoms with van der Waals surface area (Å²) in [6, 6.07) is 5.68. The largest absolute Gasteiger partial charge is 0.504 e. The highest BCUT2D eigenvalue weighted by atomic mass is 32.2. The number of aromatic hydroxyl groups is 1. The number of hydrogen-bond acceptors (Lipinski definition) is 4. The fourth-order valence-electron chi connectivity index (χ4n) is 2.20. The van der Waals surface area contributed by atoms with Crippen LogP contribution in [0.5, 0.6) is 11.5 Å². The van der Waals surface area contributed by atoms with Gasteiger partial charge in [-0.1, -0.05) is 6.07 Å². The molecule has 1 aromatic carbocycles. The number of ether oxygens (including phenoxy) is 1. The molecule has 18 heavy (non-hydrogen) atoms. The minimum atomic E-state index is -0.650. The van der Waals surface area contributed by atoms with Gasteiger partial charge < -0.3 is 9.84 Å². The zero-order chi connectivity index (χ0) is 13.1. The molecule has 1 heterocycles. The highest BCUT2D eigenvalue weighted by molar-refractivity contribution is 7.85. The molecule has 0 spiro atoms. The Balaban J connectivity index is 2.13. The van der Waals surface area contributed by atoms with Gasteiger partial charge in [-0.3, -0.25) is 9.11 Å². The summed E-state index contributed by atoms with van der Waals surface area (Å²) in [5, 5.41) is 9.58. The average molecular weight is 269 g/mol. The highest BCUT2D eigenvalue weighted by Gasteiger charge is 2.21. The number of phenolic OH excluding ortho intramolecular Hbond substituents is 1. The van der Waals surface area contributed by atoms with E-state index >= 15 is 0 Å². The van der Waals surface area contributed by atoms with Crippen LogP contribution in [0.15, 0.2) is 18.2 Å². The van der Waals surface area contributed by atoms with Gasteiger partial charge in [-0.25, -0.2) is 0 Å². The summed E-state index contributed by atoms with van der Waals surface area (Å²) < 4.78 is 16.5. The van der Waals surface area contributed by atoms with E-state index in [4.69, 9.17) is 4.74 Å². The summed E-state index contributed by atoms with van der Waals surface area (Å²) >= 11 is 0. The molecule has 100 valence electrons. The maximum Gasteiger partial charge on any atom is 0.160 e. The van der Waals surface area contributed by atoms with E-state index in [1.54, 1.807) is 13.2 Å². The third-order valence-electron chi connectivity index (χ3n) is 3.45. The van der Waals surface area contributed by atoms with E-state index in [2.05, 4.69) is 11.8 Å². The maximum absolute atomic E-state index is 11.3. The number of methoxy groups -OCH3 is 1. The summed E-state index contributed by atoms with van der Waals surface area (Å²) in [6.45, 7) is 3.84. The van der Waals surface area contributed by atoms with E-state index in [0.29, 0.717) is 5.75 Å². The molecule has 0 aliphatic carbocycles. The standard InChI is InChI=1S/C13H19NO3S/c1-10(14-5-7-18(16)8-6-14)11-3-4-12(15)13(9-11)17-2/h3-4,9-10,15H,5-8H2,1-2H3. The molecule has 0 bridgehead atoms. The monoisotopic (exact) mass is 269 g/mol. The Morgan fingerprint density at radius 1 is 1.39 bits per heavy atom. The van der Waals surface area contributed by atoms with E-state index in [-0.39, 0.29) is 11.8 Å². The predicted molar refractivity (Wildman–Crippen MR) is 72.5 cm³/mol. The van der Waals surface area contributed by atoms with Crippen molar-refractivity contribution >= 4 is 10.8 Å². The molecule has 0 amide bonds. The number of benzene rings is 1. The normalized spacial score (nSPS) is 19.7. The van der Waals surface area contributed by atoms with Gasteiger partial charge >= 0.3 is 0 Å². The van der Waals surface area contributed by atoms with Gasteiger partial charge in [0.2, 0.25) is 0 Å². The Kier molecular flexibility index (Phi) is 4.24. The van der Waals surface area contributed by atoms with Crippen molar-refractivity contribution in [3.05, 3.63) is 23.8 Å². The zero-order valence-corrected chi connectivity index (χ0v) is 11.6. The molecule has 2 rings (SSSR count). The molecule has 1 saturated heterocycles. The van der Waals surface area contributed by atoms with Gasteiger partial charge in [0.05, 0.1) is 7.11 Å². The minimum Gasteiger partial charge on any atom is -0.504 e. The van der Waals surface area contributed by atoms with Crippen LogP contribution in [-0.2, 0) is 10.8 Å². The number of phenols is 1. The van der Waals surface area contributed by atoms with Gasteiger partial charge in [-0.2, -0.15) is 0 Å². The van der Waals surface area contributed by atoms with Crippen molar-refractivity contribution in [3.8, 4) is 11.5 Å². The first-order chi connectivity index (χ1) is 8.61. The summed E-state index contributed by atoms with van der Waals surface area (Å²) in [5.41, 5.74) is 1.11. The van der Waals surface area contributed by atoms with Gasteiger partial charge in [-0.15, -0.1) is 0 Å². The molecule has 1 unspecified atom stereocenters. The highest BCUT2D eigenvalue weighted by Crippen LogP contribution is 2.31. The van der Waals surface area contributed by atoms with Crippen molar-refractivity contribution in [2.24, 2.45) is 0 Å². The summed E-state index contributed by atoms with van der Waals surface area (Å²) in [5.74, 6) is 2.16. The molecular weight excluding hydrogens is 250 g/mol. The number of rotatable bonds is 3. The lowest BCUT2D eigenvalue weighted by molar-refractivity contribution is 0.230. The van der Waals surface area contributed by atoms with Crippen molar-refractivity contribution in [2.75, 3.05) is 31.7 Å². The maximum atomic E-state index is 11.3. The van der Waals surface area contributed by atoms with Crippen LogP contribution in [-0.4, -0.2) is 45.9 Å². The molecule has 1 fully saturated rings. The third kappa shape index (κ3) is 2.84. The molecule has 4 nitrogen and oxygen atoms in total.